The van der Waals surface area contributed by atoms with Gasteiger partial charge in [0.05, 0.1) is 0 Å². The molecule has 0 aromatic heterocycles. The average molecular weight is 187 g/mol. The van der Waals surface area contributed by atoms with E-state index in [9.17, 15) is 0 Å². The summed E-state index contributed by atoms with van der Waals surface area (Å²) < 4.78 is 10.9. The lowest BCUT2D eigenvalue weighted by molar-refractivity contribution is -0.140. The normalized spacial score (nSPS) is 19.4. The topological polar surface area (TPSA) is 44.5 Å². The molecule has 0 aliphatic heterocycles. The van der Waals surface area contributed by atoms with E-state index in [0.29, 0.717) is 13.2 Å². The molecule has 0 radical (unpaired) electrons. The zero-order valence-corrected chi connectivity index (χ0v) is 8.71. The van der Waals surface area contributed by atoms with Gasteiger partial charge in [0.2, 0.25) is 0 Å². The standard InChI is InChI=1S/C10H21NO2/c1-3-12-9(13-4-2)5-6-10(11)7-8-10/h9H,3-8,11H2,1-2H3. The lowest BCUT2D eigenvalue weighted by Crippen LogP contribution is -2.26. The average Bonchev–Trinajstić information content (AvgIpc) is 2.82. The highest BCUT2D eigenvalue weighted by Gasteiger charge is 2.38. The minimum absolute atomic E-state index is 0.0453. The van der Waals surface area contributed by atoms with Gasteiger partial charge in [-0.3, -0.25) is 0 Å². The summed E-state index contributed by atoms with van der Waals surface area (Å²) in [6, 6.07) is 0. The van der Waals surface area contributed by atoms with Gasteiger partial charge >= 0.3 is 0 Å². The van der Waals surface area contributed by atoms with E-state index in [4.69, 9.17) is 15.2 Å². The highest BCUT2D eigenvalue weighted by atomic mass is 16.7. The smallest absolute Gasteiger partial charge is 0.157 e. The second-order valence-corrected chi connectivity index (χ2v) is 3.74. The van der Waals surface area contributed by atoms with E-state index in [-0.39, 0.29) is 11.8 Å². The van der Waals surface area contributed by atoms with Gasteiger partial charge in [-0.2, -0.15) is 0 Å². The van der Waals surface area contributed by atoms with Gasteiger partial charge in [-0.25, -0.2) is 0 Å². The molecule has 0 aromatic carbocycles. The maximum atomic E-state index is 5.98. The molecular formula is C10H21NO2. The third kappa shape index (κ3) is 4.07. The molecule has 1 saturated carbocycles. The summed E-state index contributed by atoms with van der Waals surface area (Å²) in [5, 5.41) is 0. The Labute approximate surface area is 80.6 Å². The minimum Gasteiger partial charge on any atom is -0.353 e. The van der Waals surface area contributed by atoms with Crippen molar-refractivity contribution in [1.29, 1.82) is 0 Å². The lowest BCUT2D eigenvalue weighted by atomic mass is 10.1. The van der Waals surface area contributed by atoms with Crippen LogP contribution in [0, 0.1) is 0 Å². The van der Waals surface area contributed by atoms with Gasteiger partial charge in [0.25, 0.3) is 0 Å². The zero-order chi connectivity index (χ0) is 9.73. The monoisotopic (exact) mass is 187 g/mol. The highest BCUT2D eigenvalue weighted by Crippen LogP contribution is 2.37. The fraction of sp³-hybridized carbons (Fsp3) is 1.00. The van der Waals surface area contributed by atoms with Crippen molar-refractivity contribution in [3.63, 3.8) is 0 Å². The minimum atomic E-state index is -0.0453. The molecule has 0 spiro atoms. The van der Waals surface area contributed by atoms with Crippen LogP contribution in [0.15, 0.2) is 0 Å². The van der Waals surface area contributed by atoms with Crippen LogP contribution >= 0.6 is 0 Å². The van der Waals surface area contributed by atoms with Gasteiger partial charge in [-0.15, -0.1) is 0 Å². The second-order valence-electron chi connectivity index (χ2n) is 3.74. The second kappa shape index (κ2) is 4.94. The van der Waals surface area contributed by atoms with Crippen LogP contribution in [0.2, 0.25) is 0 Å². The quantitative estimate of drug-likeness (QED) is 0.616. The molecule has 3 nitrogen and oxygen atoms in total. The van der Waals surface area contributed by atoms with Crippen LogP contribution in [0.25, 0.3) is 0 Å². The Morgan fingerprint density at radius 1 is 1.23 bits per heavy atom. The van der Waals surface area contributed by atoms with Crippen molar-refractivity contribution in [2.75, 3.05) is 13.2 Å². The Bertz CT molecular complexity index is 140. The molecule has 0 bridgehead atoms. The Morgan fingerprint density at radius 3 is 2.15 bits per heavy atom. The van der Waals surface area contributed by atoms with Crippen LogP contribution in [0.5, 0.6) is 0 Å². The Hall–Kier alpha value is -0.120. The molecular weight excluding hydrogens is 166 g/mol. The molecule has 1 aliphatic rings. The molecule has 78 valence electrons. The van der Waals surface area contributed by atoms with Gasteiger partial charge in [0.15, 0.2) is 6.29 Å². The van der Waals surface area contributed by atoms with E-state index in [1.165, 1.54) is 0 Å². The number of nitrogens with two attached hydrogens (primary N) is 1. The maximum Gasteiger partial charge on any atom is 0.157 e. The molecule has 3 heteroatoms. The van der Waals surface area contributed by atoms with Crippen LogP contribution in [0.1, 0.15) is 39.5 Å². The van der Waals surface area contributed by atoms with Crippen LogP contribution in [-0.4, -0.2) is 25.0 Å². The van der Waals surface area contributed by atoms with Crippen molar-refractivity contribution in [1.82, 2.24) is 0 Å². The lowest BCUT2D eigenvalue weighted by Gasteiger charge is -2.18. The molecule has 0 amide bonds. The predicted octanol–water partition coefficient (Wildman–Crippen LogP) is 1.66. The maximum absolute atomic E-state index is 5.98. The summed E-state index contributed by atoms with van der Waals surface area (Å²) in [5.74, 6) is 0. The van der Waals surface area contributed by atoms with E-state index < -0.39 is 0 Å². The molecule has 0 aromatic rings. The van der Waals surface area contributed by atoms with Gasteiger partial charge in [0.1, 0.15) is 0 Å². The summed E-state index contributed by atoms with van der Waals surface area (Å²) in [6.45, 7) is 5.40. The van der Waals surface area contributed by atoms with Crippen molar-refractivity contribution in [3.05, 3.63) is 0 Å². The van der Waals surface area contributed by atoms with E-state index in [0.717, 1.165) is 25.7 Å². The van der Waals surface area contributed by atoms with Crippen molar-refractivity contribution in [2.45, 2.75) is 51.4 Å². The van der Waals surface area contributed by atoms with Crippen LogP contribution < -0.4 is 5.73 Å². The number of hydrogen-bond acceptors (Lipinski definition) is 3. The molecule has 13 heavy (non-hydrogen) atoms. The molecule has 0 atom stereocenters. The molecule has 0 unspecified atom stereocenters. The highest BCUT2D eigenvalue weighted by molar-refractivity contribution is 4.98. The molecule has 1 fully saturated rings. The summed E-state index contributed by atoms with van der Waals surface area (Å²) in [4.78, 5) is 0. The SMILES string of the molecule is CCOC(CCC1(N)CC1)OCC. The molecule has 2 N–H and O–H groups in total. The van der Waals surface area contributed by atoms with Gasteiger partial charge in [-0.05, 0) is 33.1 Å². The largest absolute Gasteiger partial charge is 0.353 e. The summed E-state index contributed by atoms with van der Waals surface area (Å²) >= 11 is 0. The number of rotatable bonds is 7. The molecule has 1 aliphatic carbocycles. The fourth-order valence-electron chi connectivity index (χ4n) is 1.40. The van der Waals surface area contributed by atoms with E-state index in [1.54, 1.807) is 0 Å². The summed E-state index contributed by atoms with van der Waals surface area (Å²) in [7, 11) is 0. The first-order valence-corrected chi connectivity index (χ1v) is 5.22. The van der Waals surface area contributed by atoms with Crippen LogP contribution in [0.3, 0.4) is 0 Å². The van der Waals surface area contributed by atoms with Gasteiger partial charge < -0.3 is 15.2 Å². The molecule has 1 rings (SSSR count). The third-order valence-corrected chi connectivity index (χ3v) is 2.48. The van der Waals surface area contributed by atoms with Crippen LogP contribution in [-0.2, 0) is 9.47 Å². The third-order valence-electron chi connectivity index (χ3n) is 2.48. The Balaban J connectivity index is 2.13. The summed E-state index contributed by atoms with van der Waals surface area (Å²) in [5.41, 5.74) is 6.09. The number of ether oxygens (including phenoxy) is 2. The number of hydrogen-bond donors (Lipinski definition) is 1. The first-order chi connectivity index (χ1) is 6.20. The first kappa shape index (κ1) is 11.0. The van der Waals surface area contributed by atoms with Crippen molar-refractivity contribution in [2.24, 2.45) is 5.73 Å². The van der Waals surface area contributed by atoms with Crippen LogP contribution in [0.4, 0.5) is 0 Å². The molecule has 0 saturated heterocycles. The van der Waals surface area contributed by atoms with Gasteiger partial charge in [0, 0.05) is 25.2 Å². The Morgan fingerprint density at radius 2 is 1.77 bits per heavy atom. The molecule has 0 heterocycles. The fourth-order valence-corrected chi connectivity index (χ4v) is 1.40. The predicted molar refractivity (Wildman–Crippen MR) is 52.4 cm³/mol. The van der Waals surface area contributed by atoms with E-state index >= 15 is 0 Å². The van der Waals surface area contributed by atoms with Crippen molar-refractivity contribution in [3.8, 4) is 0 Å². The van der Waals surface area contributed by atoms with E-state index in [2.05, 4.69) is 0 Å². The first-order valence-electron chi connectivity index (χ1n) is 5.22. The van der Waals surface area contributed by atoms with Crippen molar-refractivity contribution >= 4 is 0 Å². The van der Waals surface area contributed by atoms with Crippen molar-refractivity contribution < 1.29 is 9.47 Å². The van der Waals surface area contributed by atoms with Gasteiger partial charge in [-0.1, -0.05) is 0 Å². The Kier molecular flexibility index (Phi) is 4.16. The van der Waals surface area contributed by atoms with E-state index in [1.807, 2.05) is 13.8 Å². The summed E-state index contributed by atoms with van der Waals surface area (Å²) in [6.07, 6.45) is 4.24. The zero-order valence-electron chi connectivity index (χ0n) is 8.71.